The van der Waals surface area contributed by atoms with Gasteiger partial charge in [0.2, 0.25) is 5.91 Å². The summed E-state index contributed by atoms with van der Waals surface area (Å²) in [6.07, 6.45) is 0. The van der Waals surface area contributed by atoms with Crippen LogP contribution in [0.1, 0.15) is 12.5 Å². The number of halogens is 1. The first-order chi connectivity index (χ1) is 10.3. The number of aryl methyl sites for hydroxylation is 1. The summed E-state index contributed by atoms with van der Waals surface area (Å²) in [6.45, 7) is 3.01. The molecule has 0 aliphatic rings. The second-order valence-corrected chi connectivity index (χ2v) is 7.09. The molecule has 7 heteroatoms. The Kier molecular flexibility index (Phi) is 4.87. The minimum absolute atomic E-state index is 0.0127. The molecule has 0 radical (unpaired) electrons. The molecule has 2 aromatic carbocycles. The summed E-state index contributed by atoms with van der Waals surface area (Å²) in [6, 6.07) is 11.2. The Morgan fingerprint density at radius 1 is 1.18 bits per heavy atom. The van der Waals surface area contributed by atoms with Crippen molar-refractivity contribution in [2.45, 2.75) is 18.7 Å². The zero-order valence-corrected chi connectivity index (χ0v) is 14.4. The van der Waals surface area contributed by atoms with Crippen LogP contribution in [0.15, 0.2) is 51.8 Å². The normalized spacial score (nSPS) is 11.0. The summed E-state index contributed by atoms with van der Waals surface area (Å²) in [5.74, 6) is -0.0705. The van der Waals surface area contributed by atoms with Crippen molar-refractivity contribution in [3.63, 3.8) is 0 Å². The number of amides is 1. The van der Waals surface area contributed by atoms with Crippen molar-refractivity contribution in [3.8, 4) is 5.75 Å². The SMILES string of the molecule is CC(=O)Nc1ccc(C)c(S(=O)(=O)Oc2cccc(Br)c2)c1. The molecule has 0 saturated carbocycles. The molecule has 1 amide bonds. The maximum atomic E-state index is 12.4. The van der Waals surface area contributed by atoms with Crippen LogP contribution in [0.2, 0.25) is 0 Å². The molecule has 0 saturated heterocycles. The first-order valence-corrected chi connectivity index (χ1v) is 8.56. The monoisotopic (exact) mass is 383 g/mol. The van der Waals surface area contributed by atoms with Gasteiger partial charge in [-0.15, -0.1) is 0 Å². The molecule has 22 heavy (non-hydrogen) atoms. The fourth-order valence-electron chi connectivity index (χ4n) is 1.84. The third kappa shape index (κ3) is 4.08. The summed E-state index contributed by atoms with van der Waals surface area (Å²) in [4.78, 5) is 11.1. The molecule has 2 rings (SSSR count). The Hall–Kier alpha value is -1.86. The van der Waals surface area contributed by atoms with Gasteiger partial charge < -0.3 is 9.50 Å². The Labute approximate surface area is 137 Å². The highest BCUT2D eigenvalue weighted by Crippen LogP contribution is 2.25. The van der Waals surface area contributed by atoms with Crippen molar-refractivity contribution in [3.05, 3.63) is 52.5 Å². The van der Waals surface area contributed by atoms with Gasteiger partial charge in [0.1, 0.15) is 10.6 Å². The van der Waals surface area contributed by atoms with Gasteiger partial charge in [-0.3, -0.25) is 4.79 Å². The van der Waals surface area contributed by atoms with Gasteiger partial charge in [-0.25, -0.2) is 0 Å². The van der Waals surface area contributed by atoms with Crippen LogP contribution < -0.4 is 9.50 Å². The minimum atomic E-state index is -3.99. The van der Waals surface area contributed by atoms with Gasteiger partial charge >= 0.3 is 10.1 Å². The number of nitrogens with one attached hydrogen (secondary N) is 1. The third-order valence-corrected chi connectivity index (χ3v) is 4.66. The highest BCUT2D eigenvalue weighted by atomic mass is 79.9. The first-order valence-electron chi connectivity index (χ1n) is 6.36. The van der Waals surface area contributed by atoms with E-state index in [1.807, 2.05) is 0 Å². The number of hydrogen-bond acceptors (Lipinski definition) is 4. The van der Waals surface area contributed by atoms with Crippen LogP contribution in [0, 0.1) is 6.92 Å². The number of rotatable bonds is 4. The Morgan fingerprint density at radius 3 is 2.55 bits per heavy atom. The fraction of sp³-hybridized carbons (Fsp3) is 0.133. The molecule has 5 nitrogen and oxygen atoms in total. The summed E-state index contributed by atoms with van der Waals surface area (Å²) >= 11 is 3.26. The van der Waals surface area contributed by atoms with Crippen molar-refractivity contribution in [1.29, 1.82) is 0 Å². The molecule has 0 spiro atoms. The van der Waals surface area contributed by atoms with E-state index in [1.54, 1.807) is 43.3 Å². The van der Waals surface area contributed by atoms with Gasteiger partial charge in [0.05, 0.1) is 0 Å². The van der Waals surface area contributed by atoms with Crippen LogP contribution in [0.4, 0.5) is 5.69 Å². The van der Waals surface area contributed by atoms with Crippen molar-refractivity contribution < 1.29 is 17.4 Å². The van der Waals surface area contributed by atoms with E-state index in [-0.39, 0.29) is 16.6 Å². The van der Waals surface area contributed by atoms with E-state index in [1.165, 1.54) is 13.0 Å². The number of hydrogen-bond donors (Lipinski definition) is 1. The average Bonchev–Trinajstić information content (AvgIpc) is 2.39. The van der Waals surface area contributed by atoms with Crippen molar-refractivity contribution >= 4 is 37.6 Å². The standard InChI is InChI=1S/C15H14BrNO4S/c1-10-6-7-13(17-11(2)18)9-15(10)22(19,20)21-14-5-3-4-12(16)8-14/h3-9H,1-2H3,(H,17,18). The molecule has 0 fully saturated rings. The van der Waals surface area contributed by atoms with E-state index in [2.05, 4.69) is 21.2 Å². The molecule has 116 valence electrons. The second-order valence-electron chi connectivity index (χ2n) is 4.66. The highest BCUT2D eigenvalue weighted by molar-refractivity contribution is 9.10. The lowest BCUT2D eigenvalue weighted by molar-refractivity contribution is -0.114. The van der Waals surface area contributed by atoms with Gasteiger partial charge in [0.25, 0.3) is 0 Å². The van der Waals surface area contributed by atoms with Gasteiger partial charge in [-0.05, 0) is 42.8 Å². The predicted octanol–water partition coefficient (Wildman–Crippen LogP) is 3.48. The fourth-order valence-corrected chi connectivity index (χ4v) is 3.40. The third-order valence-electron chi connectivity index (χ3n) is 2.78. The zero-order chi connectivity index (χ0) is 16.3. The smallest absolute Gasteiger partial charge is 0.339 e. The van der Waals surface area contributed by atoms with E-state index in [0.717, 1.165) is 0 Å². The lowest BCUT2D eigenvalue weighted by Crippen LogP contribution is -2.13. The molecule has 1 N–H and O–H groups in total. The lowest BCUT2D eigenvalue weighted by Gasteiger charge is -2.11. The summed E-state index contributed by atoms with van der Waals surface area (Å²) in [5, 5.41) is 2.55. The summed E-state index contributed by atoms with van der Waals surface area (Å²) in [7, 11) is -3.99. The second kappa shape index (κ2) is 6.50. The topological polar surface area (TPSA) is 72.5 Å². The predicted molar refractivity (Wildman–Crippen MR) is 87.4 cm³/mol. The van der Waals surface area contributed by atoms with Gasteiger partial charge in [0.15, 0.2) is 0 Å². The average molecular weight is 384 g/mol. The molecule has 0 aliphatic carbocycles. The molecular formula is C15H14BrNO4S. The van der Waals surface area contributed by atoms with E-state index in [4.69, 9.17) is 4.18 Å². The van der Waals surface area contributed by atoms with Crippen LogP contribution in [0.5, 0.6) is 5.75 Å². The van der Waals surface area contributed by atoms with Crippen LogP contribution >= 0.6 is 15.9 Å². The maximum absolute atomic E-state index is 12.4. The Balaban J connectivity index is 2.38. The number of benzene rings is 2. The summed E-state index contributed by atoms with van der Waals surface area (Å²) < 4.78 is 30.7. The van der Waals surface area contributed by atoms with Crippen molar-refractivity contribution in [2.24, 2.45) is 0 Å². The van der Waals surface area contributed by atoms with Crippen LogP contribution in [0.25, 0.3) is 0 Å². The molecule has 0 aromatic heterocycles. The zero-order valence-electron chi connectivity index (χ0n) is 12.0. The lowest BCUT2D eigenvalue weighted by atomic mass is 10.2. The molecule has 2 aromatic rings. The van der Waals surface area contributed by atoms with Crippen LogP contribution in [-0.4, -0.2) is 14.3 Å². The van der Waals surface area contributed by atoms with E-state index in [0.29, 0.717) is 15.7 Å². The van der Waals surface area contributed by atoms with E-state index in [9.17, 15) is 13.2 Å². The highest BCUT2D eigenvalue weighted by Gasteiger charge is 2.20. The summed E-state index contributed by atoms with van der Waals surface area (Å²) in [5.41, 5.74) is 0.929. The van der Waals surface area contributed by atoms with Gasteiger partial charge in [0, 0.05) is 17.1 Å². The van der Waals surface area contributed by atoms with E-state index < -0.39 is 10.1 Å². The minimum Gasteiger partial charge on any atom is -0.379 e. The Bertz CT molecular complexity index is 818. The molecule has 0 bridgehead atoms. The molecule has 0 aliphatic heterocycles. The van der Waals surface area contributed by atoms with Crippen LogP contribution in [-0.2, 0) is 14.9 Å². The quantitative estimate of drug-likeness (QED) is 0.820. The van der Waals surface area contributed by atoms with Crippen molar-refractivity contribution in [2.75, 3.05) is 5.32 Å². The first kappa shape index (κ1) is 16.5. The van der Waals surface area contributed by atoms with Gasteiger partial charge in [-0.1, -0.05) is 28.1 Å². The van der Waals surface area contributed by atoms with Crippen LogP contribution in [0.3, 0.4) is 0 Å². The maximum Gasteiger partial charge on any atom is 0.339 e. The largest absolute Gasteiger partial charge is 0.379 e. The van der Waals surface area contributed by atoms with E-state index >= 15 is 0 Å². The molecule has 0 unspecified atom stereocenters. The molecule has 0 atom stereocenters. The number of anilines is 1. The molecule has 0 heterocycles. The molecular weight excluding hydrogens is 370 g/mol. The van der Waals surface area contributed by atoms with Gasteiger partial charge in [-0.2, -0.15) is 8.42 Å². The number of carbonyl (C=O) groups excluding carboxylic acids is 1. The Morgan fingerprint density at radius 2 is 1.91 bits per heavy atom. The number of carbonyl (C=O) groups is 1. The van der Waals surface area contributed by atoms with Crippen molar-refractivity contribution in [1.82, 2.24) is 0 Å².